The molecule has 53 heavy (non-hydrogen) atoms. The van der Waals surface area contributed by atoms with E-state index >= 15 is 0 Å². The zero-order valence-electron chi connectivity index (χ0n) is 30.7. The number of carbonyl (C=O) groups excluding carboxylic acids is 2. The molecule has 2 atom stereocenters. The summed E-state index contributed by atoms with van der Waals surface area (Å²) in [5.74, 6) is 1.19. The Bertz CT molecular complexity index is 2130. The molecule has 2 bridgehead atoms. The molecule has 3 saturated heterocycles. The molecule has 11 nitrogen and oxygen atoms in total. The summed E-state index contributed by atoms with van der Waals surface area (Å²) in [6.45, 7) is 9.36. The summed E-state index contributed by atoms with van der Waals surface area (Å²) in [5.41, 5.74) is 4.26. The van der Waals surface area contributed by atoms with Crippen molar-refractivity contribution in [2.45, 2.75) is 95.3 Å². The van der Waals surface area contributed by atoms with Crippen LogP contribution in [-0.2, 0) is 19.7 Å². The maximum Gasteiger partial charge on any atom is 0.238 e. The molecule has 7 heterocycles. The average Bonchev–Trinajstić information content (AvgIpc) is 3.92. The Balaban J connectivity index is 1.02. The molecule has 2 aliphatic carbocycles. The van der Waals surface area contributed by atoms with Gasteiger partial charge in [0.1, 0.15) is 5.52 Å². The summed E-state index contributed by atoms with van der Waals surface area (Å²) < 4.78 is 22.3. The molecule has 3 aromatic heterocycles. The number of hydrogen-bond acceptors (Lipinski definition) is 8. The number of halogens is 1. The number of likely N-dealkylation sites (tertiary alicyclic amines) is 2. The number of rotatable bonds is 7. The number of ether oxygens (including phenoxy) is 1. The molecule has 0 radical (unpaired) electrons. The highest BCUT2D eigenvalue weighted by Crippen LogP contribution is 2.53. The largest absolute Gasteiger partial charge is 0.379 e. The number of pyridine rings is 2. The first kappa shape index (κ1) is 33.2. The predicted molar refractivity (Wildman–Crippen MR) is 199 cm³/mol. The number of piperidine rings is 2. The Kier molecular flexibility index (Phi) is 7.54. The lowest BCUT2D eigenvalue weighted by molar-refractivity contribution is -0.170. The van der Waals surface area contributed by atoms with Crippen LogP contribution in [-0.4, -0.2) is 92.1 Å². The predicted octanol–water partition coefficient (Wildman–Crippen LogP) is 6.22. The van der Waals surface area contributed by atoms with E-state index in [4.69, 9.17) is 14.7 Å². The van der Waals surface area contributed by atoms with E-state index in [0.717, 1.165) is 46.6 Å². The second-order valence-electron chi connectivity index (χ2n) is 17.1. The summed E-state index contributed by atoms with van der Waals surface area (Å²) in [6, 6.07) is 11.4. The van der Waals surface area contributed by atoms with E-state index in [1.165, 1.54) is 32.0 Å². The molecular weight excluding hydrogens is 672 g/mol. The highest BCUT2D eigenvalue weighted by Gasteiger charge is 2.57. The first-order chi connectivity index (χ1) is 25.6. The molecule has 4 aromatic rings. The highest BCUT2D eigenvalue weighted by atomic mass is 19.1. The highest BCUT2D eigenvalue weighted by molar-refractivity contribution is 6.09. The van der Waals surface area contributed by atoms with Crippen molar-refractivity contribution in [2.24, 2.45) is 11.3 Å². The summed E-state index contributed by atoms with van der Waals surface area (Å²) in [6.07, 6.45) is 11.7. The fourth-order valence-electron chi connectivity index (χ4n) is 10.3. The van der Waals surface area contributed by atoms with Gasteiger partial charge in [0.25, 0.3) is 0 Å². The van der Waals surface area contributed by atoms with Crippen molar-refractivity contribution in [1.82, 2.24) is 29.3 Å². The van der Waals surface area contributed by atoms with Crippen LogP contribution in [0.15, 0.2) is 49.1 Å². The van der Waals surface area contributed by atoms with Crippen LogP contribution < -0.4 is 10.2 Å². The summed E-state index contributed by atoms with van der Waals surface area (Å²) >= 11 is 0. The lowest BCUT2D eigenvalue weighted by Gasteiger charge is -2.49. The minimum Gasteiger partial charge on any atom is -0.379 e. The van der Waals surface area contributed by atoms with Crippen molar-refractivity contribution in [2.75, 3.05) is 43.1 Å². The van der Waals surface area contributed by atoms with Gasteiger partial charge in [0.2, 0.25) is 11.8 Å². The first-order valence-electron chi connectivity index (χ1n) is 19.5. The van der Waals surface area contributed by atoms with Gasteiger partial charge in [0.05, 0.1) is 53.5 Å². The Morgan fingerprint density at radius 1 is 1.04 bits per heavy atom. The molecule has 1 spiro atoms. The molecule has 5 fully saturated rings. The van der Waals surface area contributed by atoms with Crippen LogP contribution in [0.2, 0.25) is 0 Å². The molecule has 2 amide bonds. The number of aromatic nitrogens is 4. The second-order valence-corrected chi connectivity index (χ2v) is 17.1. The number of nitrogens with one attached hydrogen (secondary N) is 1. The number of carbonyl (C=O) groups is 2. The normalized spacial score (nSPS) is 27.1. The van der Waals surface area contributed by atoms with E-state index in [-0.39, 0.29) is 29.6 Å². The summed E-state index contributed by atoms with van der Waals surface area (Å²) in [4.78, 5) is 49.0. The number of amides is 2. The molecule has 1 N–H and O–H groups in total. The van der Waals surface area contributed by atoms with Gasteiger partial charge in [-0.2, -0.15) is 0 Å². The number of benzene rings is 1. The van der Waals surface area contributed by atoms with Gasteiger partial charge in [-0.3, -0.25) is 19.5 Å². The third kappa shape index (κ3) is 5.07. The Morgan fingerprint density at radius 3 is 2.53 bits per heavy atom. The molecule has 4 aliphatic heterocycles. The third-order valence-corrected chi connectivity index (χ3v) is 13.5. The quantitative estimate of drug-likeness (QED) is 0.240. The number of imidazole rings is 1. The van der Waals surface area contributed by atoms with Gasteiger partial charge in [-0.25, -0.2) is 14.4 Å². The third-order valence-electron chi connectivity index (χ3n) is 13.5. The SMILES string of the molecule is CC(C)n1cnc2cc(-c3ccc4c(c3)N(C3CC(N5C[C@@H]6CC[C@H]5C6)C3)C(=O)C43CCN(C(=O)C4(C)COC4)CC3)nc(Nc3ccncc3F)c21. The number of anilines is 3. The minimum atomic E-state index is -0.668. The van der Waals surface area contributed by atoms with Crippen molar-refractivity contribution in [3.63, 3.8) is 0 Å². The van der Waals surface area contributed by atoms with Gasteiger partial charge in [-0.15, -0.1) is 0 Å². The monoisotopic (exact) mass is 718 g/mol. The lowest BCUT2D eigenvalue weighted by Crippen LogP contribution is -2.60. The standard InChI is InChI=1S/C41H47FN8O3/c1-24(2)49-23-44-34-18-33(46-37(36(34)49)45-32-8-11-43-19-31(32)42)26-5-7-30-35(15-26)50(29-16-28(17-29)48-20-25-4-6-27(48)14-25)39(52)41(30)9-12-47(13-10-41)38(51)40(3)21-53-22-40/h5,7-8,11,15,18-19,23-25,27-29H,4,6,9-10,12-14,16-17,20-22H2,1-3H3,(H,43,45,46)/t25-,27+,28?,29?/m1/s1. The van der Waals surface area contributed by atoms with Gasteiger partial charge in [0.15, 0.2) is 11.6 Å². The van der Waals surface area contributed by atoms with Crippen LogP contribution in [0.1, 0.15) is 77.3 Å². The number of hydrogen-bond donors (Lipinski definition) is 1. The van der Waals surface area contributed by atoms with E-state index in [9.17, 15) is 14.0 Å². The number of nitrogens with zero attached hydrogens (tertiary/aromatic N) is 7. The zero-order valence-corrected chi connectivity index (χ0v) is 30.7. The van der Waals surface area contributed by atoms with Crippen molar-refractivity contribution in [1.29, 1.82) is 0 Å². The molecule has 1 aromatic carbocycles. The van der Waals surface area contributed by atoms with Gasteiger partial charge >= 0.3 is 0 Å². The molecule has 12 heteroatoms. The van der Waals surface area contributed by atoms with Crippen LogP contribution in [0.25, 0.3) is 22.3 Å². The lowest BCUT2D eigenvalue weighted by atomic mass is 9.72. The van der Waals surface area contributed by atoms with Crippen LogP contribution in [0.4, 0.5) is 21.6 Å². The van der Waals surface area contributed by atoms with Crippen molar-refractivity contribution in [3.8, 4) is 11.3 Å². The van der Waals surface area contributed by atoms with E-state index in [1.54, 1.807) is 18.6 Å². The fraction of sp³-hybridized carbons (Fsp3) is 0.537. The van der Waals surface area contributed by atoms with Crippen LogP contribution in [0, 0.1) is 17.2 Å². The van der Waals surface area contributed by atoms with Gasteiger partial charge in [-0.05, 0) is 95.4 Å². The van der Waals surface area contributed by atoms with Crippen molar-refractivity contribution < 1.29 is 18.7 Å². The molecule has 2 saturated carbocycles. The topological polar surface area (TPSA) is 109 Å². The molecule has 0 unspecified atom stereocenters. The molecule has 10 rings (SSSR count). The average molecular weight is 719 g/mol. The minimum absolute atomic E-state index is 0.111. The number of fused-ring (bicyclic) bond motifs is 5. The molecular formula is C41H47FN8O3. The Labute approximate surface area is 308 Å². The van der Waals surface area contributed by atoms with Crippen molar-refractivity contribution in [3.05, 3.63) is 60.4 Å². The van der Waals surface area contributed by atoms with Crippen LogP contribution in [0.3, 0.4) is 0 Å². The van der Waals surface area contributed by atoms with Crippen molar-refractivity contribution >= 4 is 40.0 Å². The molecule has 276 valence electrons. The van der Waals surface area contributed by atoms with E-state index in [1.807, 2.05) is 22.5 Å². The fourth-order valence-corrected chi connectivity index (χ4v) is 10.3. The van der Waals surface area contributed by atoms with Gasteiger partial charge < -0.3 is 24.4 Å². The molecule has 6 aliphatic rings. The van der Waals surface area contributed by atoms with Gasteiger partial charge in [-0.1, -0.05) is 12.1 Å². The Hall–Kier alpha value is -4.42. The Morgan fingerprint density at radius 2 is 1.85 bits per heavy atom. The van der Waals surface area contributed by atoms with E-state index in [0.29, 0.717) is 62.7 Å². The maximum absolute atomic E-state index is 15.0. The van der Waals surface area contributed by atoms with E-state index in [2.05, 4.69) is 52.1 Å². The summed E-state index contributed by atoms with van der Waals surface area (Å²) in [7, 11) is 0. The van der Waals surface area contributed by atoms with E-state index < -0.39 is 16.6 Å². The maximum atomic E-state index is 15.0. The van der Waals surface area contributed by atoms with Crippen LogP contribution in [0.5, 0.6) is 0 Å². The zero-order chi connectivity index (χ0) is 36.2. The smallest absolute Gasteiger partial charge is 0.238 e. The second kappa shape index (κ2) is 12.0. The first-order valence-corrected chi connectivity index (χ1v) is 19.5. The van der Waals surface area contributed by atoms with Gasteiger partial charge in [0, 0.05) is 61.2 Å². The van der Waals surface area contributed by atoms with Crippen LogP contribution >= 0.6 is 0 Å². The summed E-state index contributed by atoms with van der Waals surface area (Å²) in [5, 5.41) is 3.24.